The van der Waals surface area contributed by atoms with Gasteiger partial charge in [-0.05, 0) is 44.5 Å². The summed E-state index contributed by atoms with van der Waals surface area (Å²) in [5, 5.41) is 5.38. The Bertz CT molecular complexity index is 1050. The molecule has 2 aromatic rings. The van der Waals surface area contributed by atoms with Crippen molar-refractivity contribution in [3.63, 3.8) is 0 Å². The molecule has 2 N–H and O–H groups in total. The highest BCUT2D eigenvalue weighted by Crippen LogP contribution is 2.56. The van der Waals surface area contributed by atoms with Gasteiger partial charge in [-0.2, -0.15) is 0 Å². The van der Waals surface area contributed by atoms with E-state index in [0.29, 0.717) is 17.0 Å². The van der Waals surface area contributed by atoms with E-state index in [4.69, 9.17) is 4.74 Å². The zero-order valence-corrected chi connectivity index (χ0v) is 18.7. The molecular formula is C23H25N3O4S. The molecule has 8 heteroatoms. The van der Waals surface area contributed by atoms with Crippen molar-refractivity contribution < 1.29 is 19.1 Å². The number of ether oxygens (including phenoxy) is 1. The summed E-state index contributed by atoms with van der Waals surface area (Å²) in [6.07, 6.45) is 0. The maximum atomic E-state index is 13.2. The van der Waals surface area contributed by atoms with Gasteiger partial charge in [0.05, 0.1) is 7.11 Å². The number of amides is 3. The zero-order chi connectivity index (χ0) is 22.3. The van der Waals surface area contributed by atoms with Crippen molar-refractivity contribution in [2.24, 2.45) is 0 Å². The van der Waals surface area contributed by atoms with E-state index in [-0.39, 0.29) is 23.1 Å². The van der Waals surface area contributed by atoms with Gasteiger partial charge in [-0.1, -0.05) is 24.3 Å². The maximum absolute atomic E-state index is 13.2. The minimum Gasteiger partial charge on any atom is -0.497 e. The summed E-state index contributed by atoms with van der Waals surface area (Å²) in [6, 6.07) is 13.0. The predicted octanol–water partition coefficient (Wildman–Crippen LogP) is 3.19. The Kier molecular flexibility index (Phi) is 5.43. The van der Waals surface area contributed by atoms with Gasteiger partial charge in [0.25, 0.3) is 5.91 Å². The number of hydrogen-bond acceptors (Lipinski definition) is 5. The fourth-order valence-electron chi connectivity index (χ4n) is 4.11. The largest absolute Gasteiger partial charge is 0.497 e. The number of rotatable bonds is 5. The van der Waals surface area contributed by atoms with E-state index < -0.39 is 16.8 Å². The van der Waals surface area contributed by atoms with Gasteiger partial charge in [0, 0.05) is 22.1 Å². The molecule has 3 amide bonds. The molecule has 1 saturated heterocycles. The van der Waals surface area contributed by atoms with Gasteiger partial charge in [0.1, 0.15) is 23.2 Å². The van der Waals surface area contributed by atoms with Gasteiger partial charge in [0.2, 0.25) is 11.8 Å². The van der Waals surface area contributed by atoms with Crippen molar-refractivity contribution in [3.05, 3.63) is 59.7 Å². The standard InChI is InChI=1S/C23H25N3O4S/c1-13(19(27)25-14-8-7-9-15(12-14)30-4)24-20(28)18-23(2,3)31-22-17-11-6-5-10-16(17)21(29)26(18)22/h5-13,18,22H,1-4H3,(H,24,28)(H,25,27). The van der Waals surface area contributed by atoms with E-state index in [1.807, 2.05) is 32.0 Å². The Morgan fingerprint density at radius 2 is 1.90 bits per heavy atom. The summed E-state index contributed by atoms with van der Waals surface area (Å²) in [7, 11) is 1.55. The van der Waals surface area contributed by atoms with Crippen molar-refractivity contribution in [1.29, 1.82) is 0 Å². The van der Waals surface area contributed by atoms with Crippen LogP contribution in [0, 0.1) is 0 Å². The molecule has 1 fully saturated rings. The second-order valence-corrected chi connectivity index (χ2v) is 9.96. The fraction of sp³-hybridized carbons (Fsp3) is 0.348. The Morgan fingerprint density at radius 3 is 2.65 bits per heavy atom. The van der Waals surface area contributed by atoms with Gasteiger partial charge in [-0.15, -0.1) is 11.8 Å². The number of carbonyl (C=O) groups is 3. The molecule has 2 aliphatic heterocycles. The van der Waals surface area contributed by atoms with Crippen molar-refractivity contribution in [2.45, 2.75) is 43.0 Å². The first-order chi connectivity index (χ1) is 14.7. The minimum atomic E-state index is -0.779. The second kappa shape index (κ2) is 7.92. The van der Waals surface area contributed by atoms with Crippen LogP contribution in [0.3, 0.4) is 0 Å². The average Bonchev–Trinajstić information content (AvgIpc) is 3.17. The van der Waals surface area contributed by atoms with Gasteiger partial charge >= 0.3 is 0 Å². The average molecular weight is 440 g/mol. The molecule has 7 nitrogen and oxygen atoms in total. The summed E-state index contributed by atoms with van der Waals surface area (Å²) in [5.41, 5.74) is 2.15. The summed E-state index contributed by atoms with van der Waals surface area (Å²) >= 11 is 1.59. The fourth-order valence-corrected chi connectivity index (χ4v) is 5.70. The number of methoxy groups -OCH3 is 1. The van der Waals surface area contributed by atoms with Crippen molar-refractivity contribution in [1.82, 2.24) is 10.2 Å². The molecule has 0 saturated carbocycles. The Balaban J connectivity index is 1.48. The number of nitrogens with zero attached hydrogens (tertiary/aromatic N) is 1. The first-order valence-corrected chi connectivity index (χ1v) is 11.0. The third-order valence-electron chi connectivity index (χ3n) is 5.63. The molecular weight excluding hydrogens is 414 g/mol. The first-order valence-electron chi connectivity index (χ1n) is 10.1. The van der Waals surface area contributed by atoms with Crippen LogP contribution in [0.5, 0.6) is 5.75 Å². The first kappa shape index (κ1) is 21.2. The number of fused-ring (bicyclic) bond motifs is 3. The molecule has 0 radical (unpaired) electrons. The van der Waals surface area contributed by atoms with Gasteiger partial charge in [-0.25, -0.2) is 0 Å². The third kappa shape index (κ3) is 3.76. The van der Waals surface area contributed by atoms with Gasteiger partial charge in [0.15, 0.2) is 0 Å². The van der Waals surface area contributed by atoms with Crippen LogP contribution in [0.4, 0.5) is 5.69 Å². The molecule has 0 bridgehead atoms. The molecule has 162 valence electrons. The van der Waals surface area contributed by atoms with Crippen LogP contribution in [0.2, 0.25) is 0 Å². The maximum Gasteiger partial charge on any atom is 0.256 e. The van der Waals surface area contributed by atoms with Gasteiger partial charge < -0.3 is 20.3 Å². The van der Waals surface area contributed by atoms with E-state index in [1.54, 1.807) is 61.0 Å². The molecule has 0 aliphatic carbocycles. The minimum absolute atomic E-state index is 0.146. The summed E-state index contributed by atoms with van der Waals surface area (Å²) in [5.74, 6) is -0.211. The topological polar surface area (TPSA) is 87.7 Å². The predicted molar refractivity (Wildman–Crippen MR) is 120 cm³/mol. The molecule has 2 heterocycles. The number of carbonyl (C=O) groups excluding carboxylic acids is 3. The SMILES string of the molecule is COc1cccc(NC(=O)C(C)NC(=O)C2N3C(=O)c4ccccc4C3SC2(C)C)c1. The van der Waals surface area contributed by atoms with E-state index >= 15 is 0 Å². The molecule has 3 unspecified atom stereocenters. The van der Waals surface area contributed by atoms with E-state index in [2.05, 4.69) is 10.6 Å². The Labute approximate surface area is 185 Å². The summed E-state index contributed by atoms with van der Waals surface area (Å²) < 4.78 is 4.67. The lowest BCUT2D eigenvalue weighted by Gasteiger charge is -2.30. The van der Waals surface area contributed by atoms with Crippen molar-refractivity contribution in [3.8, 4) is 5.75 Å². The smallest absolute Gasteiger partial charge is 0.256 e. The van der Waals surface area contributed by atoms with Crippen LogP contribution in [-0.4, -0.2) is 46.6 Å². The lowest BCUT2D eigenvalue weighted by atomic mass is 10.0. The molecule has 0 spiro atoms. The highest BCUT2D eigenvalue weighted by Gasteiger charge is 2.57. The van der Waals surface area contributed by atoms with Crippen LogP contribution in [-0.2, 0) is 9.59 Å². The van der Waals surface area contributed by atoms with Crippen LogP contribution < -0.4 is 15.4 Å². The third-order valence-corrected chi connectivity index (χ3v) is 7.17. The van der Waals surface area contributed by atoms with E-state index in [0.717, 1.165) is 5.56 Å². The summed E-state index contributed by atoms with van der Waals surface area (Å²) in [6.45, 7) is 5.54. The van der Waals surface area contributed by atoms with Gasteiger partial charge in [-0.3, -0.25) is 14.4 Å². The number of thioether (sulfide) groups is 1. The van der Waals surface area contributed by atoms with E-state index in [9.17, 15) is 14.4 Å². The zero-order valence-electron chi connectivity index (χ0n) is 17.8. The van der Waals surface area contributed by atoms with Crippen LogP contribution >= 0.6 is 11.8 Å². The second-order valence-electron chi connectivity index (χ2n) is 8.23. The molecule has 31 heavy (non-hydrogen) atoms. The van der Waals surface area contributed by atoms with Crippen molar-refractivity contribution in [2.75, 3.05) is 12.4 Å². The number of nitrogens with one attached hydrogen (secondary N) is 2. The van der Waals surface area contributed by atoms with Crippen LogP contribution in [0.15, 0.2) is 48.5 Å². The van der Waals surface area contributed by atoms with Crippen molar-refractivity contribution >= 4 is 35.2 Å². The molecule has 4 rings (SSSR count). The quantitative estimate of drug-likeness (QED) is 0.747. The summed E-state index contributed by atoms with van der Waals surface area (Å²) in [4.78, 5) is 40.6. The monoisotopic (exact) mass is 439 g/mol. The Hall–Kier alpha value is -3.00. The highest BCUT2D eigenvalue weighted by molar-refractivity contribution is 8.01. The number of benzene rings is 2. The molecule has 2 aliphatic rings. The van der Waals surface area contributed by atoms with Crippen LogP contribution in [0.25, 0.3) is 0 Å². The molecule has 0 aromatic heterocycles. The molecule has 3 atom stereocenters. The lowest BCUT2D eigenvalue weighted by Crippen LogP contribution is -2.55. The highest BCUT2D eigenvalue weighted by atomic mass is 32.2. The van der Waals surface area contributed by atoms with Crippen LogP contribution in [0.1, 0.15) is 42.1 Å². The number of anilines is 1. The van der Waals surface area contributed by atoms with E-state index in [1.165, 1.54) is 0 Å². The normalized spacial score (nSPS) is 21.8. The lowest BCUT2D eigenvalue weighted by molar-refractivity contribution is -0.129. The Morgan fingerprint density at radius 1 is 1.16 bits per heavy atom. The molecule has 2 aromatic carbocycles. The number of hydrogen-bond donors (Lipinski definition) is 2.